The Kier molecular flexibility index (Phi) is 10.4. The third-order valence-corrected chi connectivity index (χ3v) is 4.06. The molecule has 1 heterocycles. The van der Waals surface area contributed by atoms with Crippen molar-refractivity contribution >= 4 is 35.8 Å². The molecule has 0 aromatic heterocycles. The Morgan fingerprint density at radius 1 is 1.31 bits per heavy atom. The van der Waals surface area contributed by atoms with Crippen LogP contribution in [0.3, 0.4) is 0 Å². The molecule has 1 fully saturated rings. The molecule has 1 unspecified atom stereocenters. The number of hydrogen-bond acceptors (Lipinski definition) is 3. The molecule has 0 aliphatic carbocycles. The van der Waals surface area contributed by atoms with E-state index in [9.17, 15) is 4.79 Å². The largest absolute Gasteiger partial charge is 0.489 e. The van der Waals surface area contributed by atoms with Gasteiger partial charge in [0.1, 0.15) is 18.4 Å². The Morgan fingerprint density at radius 2 is 2.04 bits per heavy atom. The lowest BCUT2D eigenvalue weighted by Crippen LogP contribution is -2.42. The van der Waals surface area contributed by atoms with E-state index in [-0.39, 0.29) is 42.5 Å². The van der Waals surface area contributed by atoms with Gasteiger partial charge in [0.25, 0.3) is 0 Å². The fourth-order valence-corrected chi connectivity index (χ4v) is 2.76. The van der Waals surface area contributed by atoms with Crippen molar-refractivity contribution in [2.24, 2.45) is 4.99 Å². The maximum Gasteiger partial charge on any atom is 0.244 e. The fraction of sp³-hybridized carbons (Fsp3) is 0.579. The van der Waals surface area contributed by atoms with E-state index in [1.165, 1.54) is 5.56 Å². The molecule has 0 bridgehead atoms. The highest BCUT2D eigenvalue weighted by Crippen LogP contribution is 2.13. The summed E-state index contributed by atoms with van der Waals surface area (Å²) in [6.45, 7) is 9.32. The minimum Gasteiger partial charge on any atom is -0.489 e. The van der Waals surface area contributed by atoms with Crippen LogP contribution in [0.15, 0.2) is 29.3 Å². The van der Waals surface area contributed by atoms with Crippen molar-refractivity contribution in [2.45, 2.75) is 39.7 Å². The van der Waals surface area contributed by atoms with Crippen molar-refractivity contribution in [3.05, 3.63) is 29.8 Å². The smallest absolute Gasteiger partial charge is 0.244 e. The number of amides is 1. The Morgan fingerprint density at radius 3 is 2.69 bits per heavy atom. The number of aryl methyl sites for hydroxylation is 1. The van der Waals surface area contributed by atoms with Crippen molar-refractivity contribution in [1.82, 2.24) is 15.5 Å². The number of rotatable bonds is 7. The summed E-state index contributed by atoms with van der Waals surface area (Å²) in [6, 6.07) is 8.01. The average Bonchev–Trinajstić information content (AvgIpc) is 3.12. The van der Waals surface area contributed by atoms with E-state index in [0.29, 0.717) is 12.5 Å². The van der Waals surface area contributed by atoms with E-state index in [2.05, 4.69) is 15.6 Å². The molecule has 146 valence electrons. The van der Waals surface area contributed by atoms with Crippen LogP contribution in [0.2, 0.25) is 0 Å². The number of aliphatic imine (C=N–C) groups is 1. The molecular formula is C19H31IN4O2. The van der Waals surface area contributed by atoms with Gasteiger partial charge in [0.05, 0.1) is 6.54 Å². The van der Waals surface area contributed by atoms with E-state index < -0.39 is 0 Å². The van der Waals surface area contributed by atoms with Gasteiger partial charge < -0.3 is 20.3 Å². The summed E-state index contributed by atoms with van der Waals surface area (Å²) < 4.78 is 5.91. The zero-order chi connectivity index (χ0) is 18.1. The number of nitrogens with one attached hydrogen (secondary N) is 2. The first-order valence-electron chi connectivity index (χ1n) is 9.11. The zero-order valence-corrected chi connectivity index (χ0v) is 18.3. The van der Waals surface area contributed by atoms with Crippen LogP contribution in [0, 0.1) is 6.92 Å². The number of carbonyl (C=O) groups excluding carboxylic acids is 1. The highest BCUT2D eigenvalue weighted by atomic mass is 127. The number of halogens is 1. The molecule has 0 radical (unpaired) electrons. The predicted octanol–water partition coefficient (Wildman–Crippen LogP) is 2.56. The number of benzene rings is 1. The summed E-state index contributed by atoms with van der Waals surface area (Å²) in [4.78, 5) is 18.4. The third kappa shape index (κ3) is 7.80. The van der Waals surface area contributed by atoms with Crippen molar-refractivity contribution in [3.8, 4) is 5.75 Å². The van der Waals surface area contributed by atoms with E-state index in [1.54, 1.807) is 0 Å². The summed E-state index contributed by atoms with van der Waals surface area (Å²) in [5.74, 6) is 1.61. The summed E-state index contributed by atoms with van der Waals surface area (Å²) in [6.07, 6.45) is 2.18. The monoisotopic (exact) mass is 474 g/mol. The van der Waals surface area contributed by atoms with E-state index in [0.717, 1.165) is 38.2 Å². The van der Waals surface area contributed by atoms with E-state index in [1.807, 2.05) is 49.9 Å². The Hall–Kier alpha value is -1.51. The highest BCUT2D eigenvalue weighted by molar-refractivity contribution is 14.0. The molecule has 7 heteroatoms. The minimum absolute atomic E-state index is 0. The minimum atomic E-state index is -0.0139. The molecule has 1 aliphatic rings. The first-order valence-corrected chi connectivity index (χ1v) is 9.11. The van der Waals surface area contributed by atoms with Crippen LogP contribution in [0.1, 0.15) is 32.3 Å². The van der Waals surface area contributed by atoms with Crippen molar-refractivity contribution in [1.29, 1.82) is 0 Å². The second kappa shape index (κ2) is 12.0. The number of nitrogens with zero attached hydrogens (tertiary/aromatic N) is 2. The molecule has 6 nitrogen and oxygen atoms in total. The molecule has 2 N–H and O–H groups in total. The van der Waals surface area contributed by atoms with Gasteiger partial charge in [0.2, 0.25) is 5.91 Å². The van der Waals surface area contributed by atoms with Gasteiger partial charge in [-0.15, -0.1) is 24.0 Å². The molecule has 1 saturated heterocycles. The topological polar surface area (TPSA) is 66.0 Å². The molecule has 0 spiro atoms. The maximum absolute atomic E-state index is 12.1. The molecule has 0 saturated carbocycles. The van der Waals surface area contributed by atoms with Gasteiger partial charge in [-0.1, -0.05) is 12.1 Å². The average molecular weight is 474 g/mol. The first kappa shape index (κ1) is 22.5. The number of likely N-dealkylation sites (tertiary alicyclic amines) is 1. The lowest BCUT2D eigenvalue weighted by molar-refractivity contribution is -0.128. The van der Waals surface area contributed by atoms with E-state index in [4.69, 9.17) is 4.74 Å². The van der Waals surface area contributed by atoms with Gasteiger partial charge in [-0.25, -0.2) is 4.99 Å². The SMILES string of the molecule is CCNC(=NCC(=O)N1CCCC1)NCC(C)Oc1cccc(C)c1.I. The second-order valence-corrected chi connectivity index (χ2v) is 6.41. The van der Waals surface area contributed by atoms with Crippen LogP contribution in [0.25, 0.3) is 0 Å². The molecule has 1 aromatic rings. The van der Waals surface area contributed by atoms with Crippen LogP contribution in [-0.4, -0.2) is 55.6 Å². The standard InChI is InChI=1S/C19H30N4O2.HI/c1-4-20-19(22-14-18(24)23-10-5-6-11-23)21-13-16(3)25-17-9-7-8-15(2)12-17;/h7-9,12,16H,4-6,10-11,13-14H2,1-3H3,(H2,20,21,22);1H. The lowest BCUT2D eigenvalue weighted by Gasteiger charge is -2.18. The van der Waals surface area contributed by atoms with Crippen LogP contribution in [-0.2, 0) is 4.79 Å². The fourth-order valence-electron chi connectivity index (χ4n) is 2.76. The summed E-state index contributed by atoms with van der Waals surface area (Å²) in [5, 5.41) is 6.41. The summed E-state index contributed by atoms with van der Waals surface area (Å²) >= 11 is 0. The Balaban J connectivity index is 0.00000338. The van der Waals surface area contributed by atoms with Crippen molar-refractivity contribution in [3.63, 3.8) is 0 Å². The number of carbonyl (C=O) groups is 1. The maximum atomic E-state index is 12.1. The van der Waals surface area contributed by atoms with Crippen molar-refractivity contribution in [2.75, 3.05) is 32.7 Å². The zero-order valence-electron chi connectivity index (χ0n) is 16.0. The van der Waals surface area contributed by atoms with Crippen LogP contribution < -0.4 is 15.4 Å². The van der Waals surface area contributed by atoms with Gasteiger partial charge >= 0.3 is 0 Å². The molecule has 1 atom stereocenters. The number of ether oxygens (including phenoxy) is 1. The number of guanidine groups is 1. The second-order valence-electron chi connectivity index (χ2n) is 6.41. The Labute approximate surface area is 173 Å². The van der Waals surface area contributed by atoms with Gasteiger partial charge in [-0.3, -0.25) is 4.79 Å². The van der Waals surface area contributed by atoms with Gasteiger partial charge in [0, 0.05) is 19.6 Å². The van der Waals surface area contributed by atoms with Gasteiger partial charge in [-0.05, 0) is 51.3 Å². The highest BCUT2D eigenvalue weighted by Gasteiger charge is 2.17. The molecule has 2 rings (SSSR count). The molecule has 1 aliphatic heterocycles. The van der Waals surface area contributed by atoms with Crippen LogP contribution >= 0.6 is 24.0 Å². The molecule has 1 amide bonds. The molecule has 1 aromatic carbocycles. The molecule has 26 heavy (non-hydrogen) atoms. The Bertz CT molecular complexity index is 589. The van der Waals surface area contributed by atoms with Gasteiger partial charge in [0.15, 0.2) is 5.96 Å². The molecular weight excluding hydrogens is 443 g/mol. The third-order valence-electron chi connectivity index (χ3n) is 4.06. The normalized spacial score (nSPS) is 15.2. The van der Waals surface area contributed by atoms with Crippen LogP contribution in [0.4, 0.5) is 0 Å². The first-order chi connectivity index (χ1) is 12.1. The predicted molar refractivity (Wildman–Crippen MR) is 116 cm³/mol. The summed E-state index contributed by atoms with van der Waals surface area (Å²) in [7, 11) is 0. The van der Waals surface area contributed by atoms with Crippen LogP contribution in [0.5, 0.6) is 5.75 Å². The lowest BCUT2D eigenvalue weighted by atomic mass is 10.2. The summed E-state index contributed by atoms with van der Waals surface area (Å²) in [5.41, 5.74) is 1.17. The number of hydrogen-bond donors (Lipinski definition) is 2. The van der Waals surface area contributed by atoms with Crippen molar-refractivity contribution < 1.29 is 9.53 Å². The quantitative estimate of drug-likeness (QED) is 0.362. The van der Waals surface area contributed by atoms with E-state index >= 15 is 0 Å². The van der Waals surface area contributed by atoms with Gasteiger partial charge in [-0.2, -0.15) is 0 Å².